The average molecular weight is 475 g/mol. The molecule has 4 heterocycles. The maximum absolute atomic E-state index is 14.7. The van der Waals surface area contributed by atoms with Crippen molar-refractivity contribution in [2.75, 3.05) is 25.5 Å². The second-order valence-corrected chi connectivity index (χ2v) is 8.01. The van der Waals surface area contributed by atoms with Crippen LogP contribution < -0.4 is 5.32 Å². The number of nitriles is 1. The molecular weight excluding hydrogens is 457 g/mol. The van der Waals surface area contributed by atoms with E-state index in [9.17, 15) is 14.0 Å². The quantitative estimate of drug-likeness (QED) is 0.475. The number of benzene rings is 1. The van der Waals surface area contributed by atoms with Crippen molar-refractivity contribution in [1.29, 1.82) is 5.26 Å². The summed E-state index contributed by atoms with van der Waals surface area (Å²) in [4.78, 5) is 34.5. The zero-order chi connectivity index (χ0) is 24.7. The fourth-order valence-corrected chi connectivity index (χ4v) is 3.77. The molecule has 3 aromatic heterocycles. The van der Waals surface area contributed by atoms with Gasteiger partial charge in [0.1, 0.15) is 23.2 Å². The van der Waals surface area contributed by atoms with Crippen LogP contribution in [0.3, 0.4) is 0 Å². The number of nitrogens with one attached hydrogen (secondary N) is 1. The number of ether oxygens (including phenoxy) is 1. The van der Waals surface area contributed by atoms with E-state index in [4.69, 9.17) is 9.78 Å². The van der Waals surface area contributed by atoms with Crippen molar-refractivity contribution in [2.24, 2.45) is 0 Å². The molecule has 4 aromatic rings. The third-order valence-electron chi connectivity index (χ3n) is 5.82. The lowest BCUT2D eigenvalue weighted by molar-refractivity contribution is 0.0804. The van der Waals surface area contributed by atoms with Gasteiger partial charge in [0.05, 0.1) is 24.8 Å². The van der Waals surface area contributed by atoms with Crippen LogP contribution in [0.2, 0.25) is 0 Å². The lowest BCUT2D eigenvalue weighted by atomic mass is 10.0. The molecule has 1 aromatic carbocycles. The fraction of sp³-hybridized carbons (Fsp3) is 0.217. The SMILES string of the molecule is COC(=O)N1CC(c2nc(-c3cc(F)c(C)c(NC(=O)c4cnc5ccc(C#N)cn45)c3)no2)C1. The number of imidazole rings is 1. The van der Waals surface area contributed by atoms with E-state index in [0.29, 0.717) is 35.8 Å². The Bertz CT molecular complexity index is 1510. The van der Waals surface area contributed by atoms with Crippen LogP contribution in [0.15, 0.2) is 41.2 Å². The second-order valence-electron chi connectivity index (χ2n) is 8.01. The smallest absolute Gasteiger partial charge is 0.409 e. The van der Waals surface area contributed by atoms with Gasteiger partial charge in [-0.2, -0.15) is 10.2 Å². The number of aromatic nitrogens is 4. The van der Waals surface area contributed by atoms with Crippen LogP contribution in [0.25, 0.3) is 17.0 Å². The number of halogens is 1. The Morgan fingerprint density at radius 1 is 1.31 bits per heavy atom. The topological polar surface area (TPSA) is 139 Å². The number of amides is 2. The summed E-state index contributed by atoms with van der Waals surface area (Å²) in [5.41, 5.74) is 1.81. The molecule has 1 saturated heterocycles. The van der Waals surface area contributed by atoms with Crippen LogP contribution in [0.1, 0.15) is 33.4 Å². The molecule has 5 rings (SSSR count). The van der Waals surface area contributed by atoms with E-state index in [-0.39, 0.29) is 28.7 Å². The van der Waals surface area contributed by atoms with Gasteiger partial charge in [-0.05, 0) is 31.2 Å². The van der Waals surface area contributed by atoms with Gasteiger partial charge in [0, 0.05) is 36.1 Å². The molecule has 0 aliphatic carbocycles. The predicted octanol–water partition coefficient (Wildman–Crippen LogP) is 3.12. The molecule has 0 bridgehead atoms. The zero-order valence-electron chi connectivity index (χ0n) is 18.6. The minimum Gasteiger partial charge on any atom is -0.453 e. The lowest BCUT2D eigenvalue weighted by Crippen LogP contribution is -2.48. The maximum Gasteiger partial charge on any atom is 0.409 e. The van der Waals surface area contributed by atoms with E-state index >= 15 is 0 Å². The van der Waals surface area contributed by atoms with Gasteiger partial charge >= 0.3 is 6.09 Å². The van der Waals surface area contributed by atoms with Gasteiger partial charge in [0.15, 0.2) is 0 Å². The van der Waals surface area contributed by atoms with E-state index < -0.39 is 17.8 Å². The summed E-state index contributed by atoms with van der Waals surface area (Å²) in [6.45, 7) is 2.30. The Morgan fingerprint density at radius 3 is 2.86 bits per heavy atom. The molecule has 0 unspecified atom stereocenters. The minimum atomic E-state index is -0.561. The summed E-state index contributed by atoms with van der Waals surface area (Å²) in [5, 5.41) is 15.8. The molecule has 2 amide bonds. The highest BCUT2D eigenvalue weighted by Gasteiger charge is 2.36. The number of anilines is 1. The molecule has 1 aliphatic heterocycles. The normalized spacial score (nSPS) is 13.4. The van der Waals surface area contributed by atoms with Gasteiger partial charge in [0.25, 0.3) is 5.91 Å². The largest absolute Gasteiger partial charge is 0.453 e. The van der Waals surface area contributed by atoms with Crippen LogP contribution in [-0.4, -0.2) is 56.6 Å². The van der Waals surface area contributed by atoms with Gasteiger partial charge in [-0.25, -0.2) is 14.2 Å². The predicted molar refractivity (Wildman–Crippen MR) is 119 cm³/mol. The monoisotopic (exact) mass is 475 g/mol. The van der Waals surface area contributed by atoms with Crippen LogP contribution in [0.4, 0.5) is 14.9 Å². The van der Waals surface area contributed by atoms with Crippen LogP contribution in [-0.2, 0) is 4.74 Å². The van der Waals surface area contributed by atoms with E-state index in [1.165, 1.54) is 41.8 Å². The summed E-state index contributed by atoms with van der Waals surface area (Å²) in [7, 11) is 1.31. The number of carbonyl (C=O) groups is 2. The second kappa shape index (κ2) is 8.53. The number of nitrogens with zero attached hydrogens (tertiary/aromatic N) is 6. The molecule has 11 nitrogen and oxygen atoms in total. The highest BCUT2D eigenvalue weighted by Crippen LogP contribution is 2.30. The van der Waals surface area contributed by atoms with Crippen molar-refractivity contribution in [3.05, 3.63) is 65.2 Å². The molecule has 0 spiro atoms. The minimum absolute atomic E-state index is 0.140. The van der Waals surface area contributed by atoms with Crippen LogP contribution in [0.5, 0.6) is 0 Å². The third kappa shape index (κ3) is 3.93. The average Bonchev–Trinajstić information content (AvgIpc) is 3.47. The van der Waals surface area contributed by atoms with Crippen molar-refractivity contribution in [2.45, 2.75) is 12.8 Å². The number of pyridine rings is 1. The van der Waals surface area contributed by atoms with E-state index in [0.717, 1.165) is 0 Å². The van der Waals surface area contributed by atoms with E-state index in [2.05, 4.69) is 25.2 Å². The molecular formula is C23H18FN7O4. The number of carbonyl (C=O) groups excluding carboxylic acids is 2. The van der Waals surface area contributed by atoms with Gasteiger partial charge in [0.2, 0.25) is 11.7 Å². The number of rotatable bonds is 4. The Morgan fingerprint density at radius 2 is 2.11 bits per heavy atom. The number of methoxy groups -OCH3 is 1. The number of hydrogen-bond acceptors (Lipinski definition) is 8. The Hall–Kier alpha value is -4.79. The first kappa shape index (κ1) is 22.0. The summed E-state index contributed by atoms with van der Waals surface area (Å²) < 4.78 is 26.2. The maximum atomic E-state index is 14.7. The molecule has 0 radical (unpaired) electrons. The Labute approximate surface area is 197 Å². The van der Waals surface area contributed by atoms with Gasteiger partial charge < -0.3 is 19.5 Å². The molecule has 1 N–H and O–H groups in total. The summed E-state index contributed by atoms with van der Waals surface area (Å²) >= 11 is 0. The molecule has 12 heteroatoms. The fourth-order valence-electron chi connectivity index (χ4n) is 3.77. The van der Waals surface area contributed by atoms with Crippen molar-refractivity contribution in [1.82, 2.24) is 24.4 Å². The molecule has 1 fully saturated rings. The standard InChI is InChI=1S/C23H18FN7O4/c1-12-16(24)5-14(20-28-22(35-29-20)15-10-30(11-15)23(33)34-2)6-17(12)27-21(32)18-8-26-19-4-3-13(7-25)9-31(18)19/h3-6,8-9,15H,10-11H2,1-2H3,(H,27,32). The summed E-state index contributed by atoms with van der Waals surface area (Å²) in [5.74, 6) is -0.753. The lowest BCUT2D eigenvalue weighted by Gasteiger charge is -2.35. The van der Waals surface area contributed by atoms with Crippen molar-refractivity contribution < 1.29 is 23.2 Å². The zero-order valence-corrected chi connectivity index (χ0v) is 18.6. The summed E-state index contributed by atoms with van der Waals surface area (Å²) in [6, 6.07) is 8.05. The first-order valence-corrected chi connectivity index (χ1v) is 10.5. The van der Waals surface area contributed by atoms with E-state index in [1.807, 2.05) is 6.07 Å². The van der Waals surface area contributed by atoms with Gasteiger partial charge in [-0.15, -0.1) is 0 Å². The number of likely N-dealkylation sites (tertiary alicyclic amines) is 1. The Balaban J connectivity index is 1.39. The Kier molecular flexibility index (Phi) is 5.37. The van der Waals surface area contributed by atoms with E-state index in [1.54, 1.807) is 18.2 Å². The van der Waals surface area contributed by atoms with Crippen molar-refractivity contribution in [3.8, 4) is 17.5 Å². The van der Waals surface area contributed by atoms with Gasteiger partial charge in [-0.3, -0.25) is 9.20 Å². The first-order chi connectivity index (χ1) is 16.9. The number of fused-ring (bicyclic) bond motifs is 1. The van der Waals surface area contributed by atoms with Gasteiger partial charge in [-0.1, -0.05) is 5.16 Å². The number of hydrogen-bond donors (Lipinski definition) is 1. The molecule has 0 atom stereocenters. The molecule has 0 saturated carbocycles. The van der Waals surface area contributed by atoms with Crippen molar-refractivity contribution >= 4 is 23.3 Å². The molecule has 176 valence electrons. The molecule has 35 heavy (non-hydrogen) atoms. The first-order valence-electron chi connectivity index (χ1n) is 10.5. The molecule has 1 aliphatic rings. The summed E-state index contributed by atoms with van der Waals surface area (Å²) in [6.07, 6.45) is 2.45. The highest BCUT2D eigenvalue weighted by atomic mass is 19.1. The van der Waals surface area contributed by atoms with Crippen LogP contribution >= 0.6 is 0 Å². The third-order valence-corrected chi connectivity index (χ3v) is 5.82. The highest BCUT2D eigenvalue weighted by molar-refractivity contribution is 6.04. The van der Waals surface area contributed by atoms with Crippen LogP contribution in [0, 0.1) is 24.1 Å². The van der Waals surface area contributed by atoms with Crippen molar-refractivity contribution in [3.63, 3.8) is 0 Å².